The molecule has 1 saturated carbocycles. The standard InChI is InChI=1S/C32H27F5O/c1-20-2-12-26(13-3-20)32(36,37)38-27-14-8-22(9-15-27)24-10-16-28(30(34)18-24)23-6-4-21(5-7-23)25-11-17-29(33)31(35)19-25/h4-11,14-20,26H,2-3,12-13H2,1H3. The van der Waals surface area contributed by atoms with Crippen molar-refractivity contribution in [2.45, 2.75) is 38.7 Å². The Kier molecular flexibility index (Phi) is 7.24. The van der Waals surface area contributed by atoms with Crippen molar-refractivity contribution in [3.05, 3.63) is 102 Å². The first kappa shape index (κ1) is 26.0. The topological polar surface area (TPSA) is 9.23 Å². The van der Waals surface area contributed by atoms with Crippen LogP contribution < -0.4 is 4.74 Å². The maximum atomic E-state index is 15.1. The van der Waals surface area contributed by atoms with Crippen LogP contribution in [0.5, 0.6) is 5.75 Å². The molecule has 1 aliphatic rings. The van der Waals surface area contributed by atoms with Gasteiger partial charge in [0.2, 0.25) is 0 Å². The summed E-state index contributed by atoms with van der Waals surface area (Å²) in [5.74, 6) is -2.52. The van der Waals surface area contributed by atoms with E-state index in [4.69, 9.17) is 4.74 Å². The van der Waals surface area contributed by atoms with Crippen LogP contribution in [0.15, 0.2) is 84.9 Å². The minimum Gasteiger partial charge on any atom is -0.432 e. The lowest BCUT2D eigenvalue weighted by atomic mass is 9.82. The molecule has 0 heterocycles. The van der Waals surface area contributed by atoms with Crippen LogP contribution in [-0.4, -0.2) is 6.11 Å². The fraction of sp³-hybridized carbons (Fsp3) is 0.250. The number of benzene rings is 4. The monoisotopic (exact) mass is 522 g/mol. The van der Waals surface area contributed by atoms with E-state index in [1.54, 1.807) is 48.5 Å². The number of halogens is 5. The Morgan fingerprint density at radius 3 is 1.66 bits per heavy atom. The van der Waals surface area contributed by atoms with Gasteiger partial charge >= 0.3 is 6.11 Å². The molecule has 4 aromatic carbocycles. The minimum atomic E-state index is -3.23. The third-order valence-electron chi connectivity index (χ3n) is 7.35. The molecule has 196 valence electrons. The fourth-order valence-electron chi connectivity index (χ4n) is 5.00. The molecule has 4 aromatic rings. The molecule has 5 rings (SSSR count). The van der Waals surface area contributed by atoms with Gasteiger partial charge in [0.15, 0.2) is 11.6 Å². The van der Waals surface area contributed by atoms with Crippen LogP contribution in [0.3, 0.4) is 0 Å². The second-order valence-electron chi connectivity index (χ2n) is 10.0. The van der Waals surface area contributed by atoms with Gasteiger partial charge in [0.05, 0.1) is 5.92 Å². The van der Waals surface area contributed by atoms with Crippen LogP contribution in [-0.2, 0) is 0 Å². The summed E-state index contributed by atoms with van der Waals surface area (Å²) in [5.41, 5.74) is 3.48. The molecule has 0 aliphatic heterocycles. The zero-order valence-corrected chi connectivity index (χ0v) is 20.9. The number of rotatable bonds is 6. The van der Waals surface area contributed by atoms with E-state index in [2.05, 4.69) is 6.92 Å². The molecule has 0 saturated heterocycles. The fourth-order valence-corrected chi connectivity index (χ4v) is 5.00. The summed E-state index contributed by atoms with van der Waals surface area (Å²) >= 11 is 0. The van der Waals surface area contributed by atoms with Crippen molar-refractivity contribution in [3.8, 4) is 39.1 Å². The number of alkyl halides is 2. The first-order chi connectivity index (χ1) is 18.2. The van der Waals surface area contributed by atoms with E-state index in [0.29, 0.717) is 52.1 Å². The molecule has 0 radical (unpaired) electrons. The minimum absolute atomic E-state index is 0.0792. The van der Waals surface area contributed by atoms with E-state index in [1.165, 1.54) is 24.3 Å². The van der Waals surface area contributed by atoms with E-state index in [-0.39, 0.29) is 5.75 Å². The van der Waals surface area contributed by atoms with Gasteiger partial charge in [-0.1, -0.05) is 74.4 Å². The zero-order chi connectivity index (χ0) is 26.9. The van der Waals surface area contributed by atoms with Gasteiger partial charge in [-0.15, -0.1) is 0 Å². The van der Waals surface area contributed by atoms with Gasteiger partial charge < -0.3 is 4.74 Å². The zero-order valence-electron chi connectivity index (χ0n) is 20.9. The quantitative estimate of drug-likeness (QED) is 0.229. The molecule has 1 fully saturated rings. The largest absolute Gasteiger partial charge is 0.432 e. The van der Waals surface area contributed by atoms with E-state index in [0.717, 1.165) is 25.0 Å². The van der Waals surface area contributed by atoms with Crippen molar-refractivity contribution in [2.75, 3.05) is 0 Å². The van der Waals surface area contributed by atoms with Gasteiger partial charge in [-0.25, -0.2) is 13.2 Å². The molecule has 0 unspecified atom stereocenters. The predicted octanol–water partition coefficient (Wildman–Crippen LogP) is 9.90. The predicted molar refractivity (Wildman–Crippen MR) is 139 cm³/mol. The molecule has 1 aliphatic carbocycles. The molecular formula is C32H27F5O. The summed E-state index contributed by atoms with van der Waals surface area (Å²) in [6, 6.07) is 21.6. The Bertz CT molecular complexity index is 1410. The number of ether oxygens (including phenoxy) is 1. The molecule has 0 spiro atoms. The van der Waals surface area contributed by atoms with Gasteiger partial charge in [0.25, 0.3) is 0 Å². The van der Waals surface area contributed by atoms with Crippen molar-refractivity contribution in [1.82, 2.24) is 0 Å². The van der Waals surface area contributed by atoms with Crippen molar-refractivity contribution in [1.29, 1.82) is 0 Å². The summed E-state index contributed by atoms with van der Waals surface area (Å²) in [4.78, 5) is 0. The Morgan fingerprint density at radius 2 is 1.08 bits per heavy atom. The lowest BCUT2D eigenvalue weighted by molar-refractivity contribution is -0.223. The summed E-state index contributed by atoms with van der Waals surface area (Å²) in [6.45, 7) is 2.08. The van der Waals surface area contributed by atoms with Crippen molar-refractivity contribution in [2.24, 2.45) is 11.8 Å². The van der Waals surface area contributed by atoms with Crippen LogP contribution in [0.2, 0.25) is 0 Å². The van der Waals surface area contributed by atoms with Crippen LogP contribution in [0.4, 0.5) is 22.0 Å². The highest BCUT2D eigenvalue weighted by Gasteiger charge is 2.43. The molecule has 38 heavy (non-hydrogen) atoms. The highest BCUT2D eigenvalue weighted by Crippen LogP contribution is 2.40. The summed E-state index contributed by atoms with van der Waals surface area (Å²) in [7, 11) is 0. The lowest BCUT2D eigenvalue weighted by Crippen LogP contribution is -2.36. The van der Waals surface area contributed by atoms with Crippen molar-refractivity contribution in [3.63, 3.8) is 0 Å². The Balaban J connectivity index is 1.29. The van der Waals surface area contributed by atoms with Crippen LogP contribution in [0, 0.1) is 29.3 Å². The van der Waals surface area contributed by atoms with Gasteiger partial charge in [-0.2, -0.15) is 8.78 Å². The second-order valence-corrected chi connectivity index (χ2v) is 10.0. The average molecular weight is 523 g/mol. The highest BCUT2D eigenvalue weighted by atomic mass is 19.3. The molecule has 0 atom stereocenters. The maximum Gasteiger partial charge on any atom is 0.400 e. The first-order valence-electron chi connectivity index (χ1n) is 12.7. The number of hydrogen-bond donors (Lipinski definition) is 0. The maximum absolute atomic E-state index is 15.1. The molecular weight excluding hydrogens is 495 g/mol. The Morgan fingerprint density at radius 1 is 0.579 bits per heavy atom. The van der Waals surface area contributed by atoms with Crippen molar-refractivity contribution >= 4 is 0 Å². The summed E-state index contributed by atoms with van der Waals surface area (Å²) < 4.78 is 76.2. The van der Waals surface area contributed by atoms with Crippen molar-refractivity contribution < 1.29 is 26.7 Å². The SMILES string of the molecule is CC1CCC(C(F)(F)Oc2ccc(-c3ccc(-c4ccc(-c5ccc(F)c(F)c5)cc4)c(F)c3)cc2)CC1. The normalized spacial score (nSPS) is 17.8. The lowest BCUT2D eigenvalue weighted by Gasteiger charge is -2.32. The smallest absolute Gasteiger partial charge is 0.400 e. The summed E-state index contributed by atoms with van der Waals surface area (Å²) in [5, 5.41) is 0. The van der Waals surface area contributed by atoms with Gasteiger partial charge in [0, 0.05) is 5.56 Å². The molecule has 0 aromatic heterocycles. The molecule has 0 amide bonds. The number of hydrogen-bond acceptors (Lipinski definition) is 1. The van der Waals surface area contributed by atoms with Crippen LogP contribution in [0.1, 0.15) is 32.6 Å². The second kappa shape index (κ2) is 10.6. The molecule has 6 heteroatoms. The highest BCUT2D eigenvalue weighted by molar-refractivity contribution is 5.74. The van der Waals surface area contributed by atoms with Gasteiger partial charge in [0.1, 0.15) is 11.6 Å². The van der Waals surface area contributed by atoms with Gasteiger partial charge in [-0.3, -0.25) is 0 Å². The van der Waals surface area contributed by atoms with E-state index in [9.17, 15) is 17.6 Å². The first-order valence-corrected chi connectivity index (χ1v) is 12.7. The molecule has 0 N–H and O–H groups in total. The van der Waals surface area contributed by atoms with E-state index >= 15 is 4.39 Å². The molecule has 1 nitrogen and oxygen atoms in total. The molecule has 0 bridgehead atoms. The van der Waals surface area contributed by atoms with Gasteiger partial charge in [-0.05, 0) is 76.9 Å². The Hall–Kier alpha value is -3.67. The van der Waals surface area contributed by atoms with E-state index in [1.807, 2.05) is 0 Å². The summed E-state index contributed by atoms with van der Waals surface area (Å²) in [6.07, 6.45) is -0.766. The third kappa shape index (κ3) is 5.59. The van der Waals surface area contributed by atoms with Crippen LogP contribution >= 0.6 is 0 Å². The van der Waals surface area contributed by atoms with Crippen LogP contribution in [0.25, 0.3) is 33.4 Å². The Labute approximate surface area is 218 Å². The van der Waals surface area contributed by atoms with E-state index < -0.39 is 29.5 Å². The average Bonchev–Trinajstić information content (AvgIpc) is 2.91. The third-order valence-corrected chi connectivity index (χ3v) is 7.35.